The Labute approximate surface area is 189 Å². The summed E-state index contributed by atoms with van der Waals surface area (Å²) >= 11 is 0. The second-order valence-electron chi connectivity index (χ2n) is 7.42. The number of hydrogen-bond donors (Lipinski definition) is 0. The minimum absolute atomic E-state index is 0.00577. The minimum atomic E-state index is -0.668. The van der Waals surface area contributed by atoms with Crippen LogP contribution in [0, 0.1) is 0 Å². The van der Waals surface area contributed by atoms with Gasteiger partial charge in [0.1, 0.15) is 18.1 Å². The number of hydrogen-bond acceptors (Lipinski definition) is 7. The number of fused-ring (bicyclic) bond motifs is 1. The Morgan fingerprint density at radius 3 is 2.42 bits per heavy atom. The third-order valence-corrected chi connectivity index (χ3v) is 5.23. The van der Waals surface area contributed by atoms with Gasteiger partial charge in [0.05, 0.1) is 36.1 Å². The van der Waals surface area contributed by atoms with Crippen LogP contribution in [-0.2, 0) is 17.9 Å². The molecule has 1 aliphatic heterocycles. The summed E-state index contributed by atoms with van der Waals surface area (Å²) in [5.41, 5.74) is 1.51. The van der Waals surface area contributed by atoms with Gasteiger partial charge in [-0.3, -0.25) is 19.3 Å². The average Bonchev–Trinajstić information content (AvgIpc) is 3.41. The van der Waals surface area contributed by atoms with Crippen molar-refractivity contribution in [2.75, 3.05) is 6.61 Å². The van der Waals surface area contributed by atoms with E-state index in [0.717, 1.165) is 4.90 Å². The second kappa shape index (κ2) is 9.12. The van der Waals surface area contributed by atoms with Gasteiger partial charge < -0.3 is 13.9 Å². The van der Waals surface area contributed by atoms with Gasteiger partial charge in [0, 0.05) is 11.1 Å². The Kier molecular flexibility index (Phi) is 6.08. The van der Waals surface area contributed by atoms with Crippen LogP contribution in [-0.4, -0.2) is 35.1 Å². The zero-order valence-corrected chi connectivity index (χ0v) is 18.1. The van der Waals surface area contributed by atoms with Crippen LogP contribution in [0.3, 0.4) is 0 Å². The molecule has 0 unspecified atom stereocenters. The highest BCUT2D eigenvalue weighted by atomic mass is 16.5. The number of ether oxygens (including phenoxy) is 2. The highest BCUT2D eigenvalue weighted by Gasteiger charge is 2.36. The molecule has 0 bridgehead atoms. The lowest BCUT2D eigenvalue weighted by molar-refractivity contribution is 0.0469. The first-order chi connectivity index (χ1) is 15.9. The van der Waals surface area contributed by atoms with Crippen molar-refractivity contribution < 1.29 is 33.1 Å². The summed E-state index contributed by atoms with van der Waals surface area (Å²) in [5.74, 6) is -0.757. The summed E-state index contributed by atoms with van der Waals surface area (Å²) < 4.78 is 16.2. The smallest absolute Gasteiger partial charge is 0.338 e. The largest absolute Gasteiger partial charge is 0.493 e. The molecular weight excluding hydrogens is 426 g/mol. The zero-order valence-electron chi connectivity index (χ0n) is 18.1. The van der Waals surface area contributed by atoms with Crippen molar-refractivity contribution >= 4 is 23.6 Å². The van der Waals surface area contributed by atoms with Crippen molar-refractivity contribution in [3.05, 3.63) is 88.4 Å². The van der Waals surface area contributed by atoms with Gasteiger partial charge in [-0.25, -0.2) is 4.79 Å². The van der Waals surface area contributed by atoms with Crippen LogP contribution in [0.2, 0.25) is 0 Å². The predicted molar refractivity (Wildman–Crippen MR) is 116 cm³/mol. The van der Waals surface area contributed by atoms with Gasteiger partial charge >= 0.3 is 5.97 Å². The summed E-state index contributed by atoms with van der Waals surface area (Å²) in [6.07, 6.45) is 1.46. The third kappa shape index (κ3) is 4.41. The Morgan fingerprint density at radius 1 is 0.970 bits per heavy atom. The lowest BCUT2D eigenvalue weighted by atomic mass is 10.1. The van der Waals surface area contributed by atoms with E-state index in [1.165, 1.54) is 31.4 Å². The molecule has 33 heavy (non-hydrogen) atoms. The summed E-state index contributed by atoms with van der Waals surface area (Å²) in [7, 11) is 0. The normalized spacial score (nSPS) is 12.6. The first kappa shape index (κ1) is 22.0. The number of carbonyl (C=O) groups excluding carboxylic acids is 4. The van der Waals surface area contributed by atoms with Crippen LogP contribution in [0.5, 0.6) is 5.75 Å². The van der Waals surface area contributed by atoms with Crippen molar-refractivity contribution in [2.45, 2.75) is 27.0 Å². The van der Waals surface area contributed by atoms with Gasteiger partial charge in [-0.05, 0) is 62.4 Å². The van der Waals surface area contributed by atoms with E-state index in [0.29, 0.717) is 29.2 Å². The average molecular weight is 447 g/mol. The fourth-order valence-corrected chi connectivity index (χ4v) is 3.55. The predicted octanol–water partition coefficient (Wildman–Crippen LogP) is 4.03. The monoisotopic (exact) mass is 447 g/mol. The van der Waals surface area contributed by atoms with E-state index >= 15 is 0 Å². The summed E-state index contributed by atoms with van der Waals surface area (Å²) in [6.45, 7) is 3.57. The van der Waals surface area contributed by atoms with Crippen LogP contribution < -0.4 is 4.74 Å². The fourth-order valence-electron chi connectivity index (χ4n) is 3.55. The molecule has 2 heterocycles. The first-order valence-corrected chi connectivity index (χ1v) is 10.4. The maximum Gasteiger partial charge on any atom is 0.338 e. The maximum atomic E-state index is 12.8. The van der Waals surface area contributed by atoms with Gasteiger partial charge in [0.15, 0.2) is 5.78 Å². The summed E-state index contributed by atoms with van der Waals surface area (Å²) in [5, 5.41) is 0. The molecule has 8 heteroatoms. The van der Waals surface area contributed by atoms with Crippen LogP contribution in [0.15, 0.2) is 59.2 Å². The molecule has 0 atom stereocenters. The van der Waals surface area contributed by atoms with Crippen molar-refractivity contribution in [2.24, 2.45) is 0 Å². The molecule has 1 aliphatic rings. The molecule has 0 fully saturated rings. The Morgan fingerprint density at radius 2 is 1.73 bits per heavy atom. The van der Waals surface area contributed by atoms with Crippen LogP contribution in [0.1, 0.15) is 66.6 Å². The quantitative estimate of drug-likeness (QED) is 0.292. The van der Waals surface area contributed by atoms with Crippen molar-refractivity contribution in [3.63, 3.8) is 0 Å². The van der Waals surface area contributed by atoms with Gasteiger partial charge in [0.25, 0.3) is 11.8 Å². The zero-order chi connectivity index (χ0) is 23.5. The highest BCUT2D eigenvalue weighted by molar-refractivity contribution is 6.21. The van der Waals surface area contributed by atoms with Gasteiger partial charge in [-0.2, -0.15) is 0 Å². The van der Waals surface area contributed by atoms with E-state index in [1.54, 1.807) is 30.3 Å². The second-order valence-corrected chi connectivity index (χ2v) is 7.42. The molecule has 8 nitrogen and oxygen atoms in total. The van der Waals surface area contributed by atoms with Crippen LogP contribution in [0.4, 0.5) is 0 Å². The number of carbonyl (C=O) groups is 4. The maximum absolute atomic E-state index is 12.8. The van der Waals surface area contributed by atoms with Crippen LogP contribution in [0.25, 0.3) is 0 Å². The summed E-state index contributed by atoms with van der Waals surface area (Å²) in [6, 6.07) is 12.5. The van der Waals surface area contributed by atoms with E-state index in [2.05, 4.69) is 0 Å². The van der Waals surface area contributed by atoms with Crippen molar-refractivity contribution in [3.8, 4) is 5.75 Å². The number of rotatable bonds is 8. The molecule has 2 amide bonds. The van der Waals surface area contributed by atoms with E-state index < -0.39 is 17.8 Å². The SMILES string of the molecule is CCOc1ccc(C(C)=O)cc1COC(=O)c1ccc2c(c1)C(=O)N(Cc1ccco1)C2=O. The molecule has 0 saturated carbocycles. The Balaban J connectivity index is 1.51. The van der Waals surface area contributed by atoms with E-state index in [9.17, 15) is 19.2 Å². The first-order valence-electron chi connectivity index (χ1n) is 10.4. The van der Waals surface area contributed by atoms with Gasteiger partial charge in [0.2, 0.25) is 0 Å². The molecule has 168 valence electrons. The highest BCUT2D eigenvalue weighted by Crippen LogP contribution is 2.27. The molecular formula is C25H21NO7. The van der Waals surface area contributed by atoms with Gasteiger partial charge in [-0.15, -0.1) is 0 Å². The molecule has 0 aliphatic carbocycles. The molecule has 3 aromatic rings. The van der Waals surface area contributed by atoms with Crippen molar-refractivity contribution in [1.29, 1.82) is 0 Å². The molecule has 1 aromatic heterocycles. The standard InChI is InChI=1S/C25H21NO7/c1-3-31-22-9-7-16(15(2)27)11-18(22)14-33-25(30)17-6-8-20-21(12-17)24(29)26(23(20)28)13-19-5-4-10-32-19/h4-12H,3,13-14H2,1-2H3. The molecule has 0 N–H and O–H groups in total. The number of amides is 2. The number of furan rings is 1. The minimum Gasteiger partial charge on any atom is -0.493 e. The fraction of sp³-hybridized carbons (Fsp3) is 0.200. The number of nitrogens with zero attached hydrogens (tertiary/aromatic N) is 1. The third-order valence-electron chi connectivity index (χ3n) is 5.23. The van der Waals surface area contributed by atoms with Gasteiger partial charge in [-0.1, -0.05) is 0 Å². The Bertz CT molecular complexity index is 1240. The van der Waals surface area contributed by atoms with E-state index in [1.807, 2.05) is 6.92 Å². The number of esters is 1. The molecule has 0 radical (unpaired) electrons. The lowest BCUT2D eigenvalue weighted by Crippen LogP contribution is -2.28. The number of imide groups is 1. The lowest BCUT2D eigenvalue weighted by Gasteiger charge is -2.12. The molecule has 4 rings (SSSR count). The van der Waals surface area contributed by atoms with Crippen molar-refractivity contribution in [1.82, 2.24) is 4.90 Å². The number of benzene rings is 2. The van der Waals surface area contributed by atoms with E-state index in [4.69, 9.17) is 13.9 Å². The van der Waals surface area contributed by atoms with Crippen LogP contribution >= 0.6 is 0 Å². The molecule has 0 spiro atoms. The molecule has 0 saturated heterocycles. The summed E-state index contributed by atoms with van der Waals surface area (Å²) in [4.78, 5) is 50.8. The molecule has 2 aromatic carbocycles. The number of ketones is 1. The Hall–Kier alpha value is -4.20. The topological polar surface area (TPSA) is 103 Å². The van der Waals surface area contributed by atoms with E-state index in [-0.39, 0.29) is 35.6 Å². The number of Topliss-reactive ketones (excluding diaryl/α,β-unsaturated/α-hetero) is 1.